The van der Waals surface area contributed by atoms with Crippen molar-refractivity contribution in [2.45, 2.75) is 39.2 Å². The molecule has 0 saturated carbocycles. The molecular weight excluding hydrogens is 332 g/mol. The van der Waals surface area contributed by atoms with Crippen molar-refractivity contribution in [3.8, 4) is 0 Å². The normalized spacial score (nSPS) is 20.3. The third kappa shape index (κ3) is 3.60. The number of hydrogen-bond acceptors (Lipinski definition) is 5. The lowest BCUT2D eigenvalue weighted by Crippen LogP contribution is -2.27. The Labute approximate surface area is 153 Å². The van der Waals surface area contributed by atoms with Gasteiger partial charge in [-0.15, -0.1) is 0 Å². The summed E-state index contributed by atoms with van der Waals surface area (Å²) in [6.07, 6.45) is 1.39. The second-order valence-electron chi connectivity index (χ2n) is 7.58. The van der Waals surface area contributed by atoms with Gasteiger partial charge >= 0.3 is 12.1 Å². The highest BCUT2D eigenvalue weighted by Gasteiger charge is 2.37. The Morgan fingerprint density at radius 3 is 2.65 bits per heavy atom. The van der Waals surface area contributed by atoms with Gasteiger partial charge < -0.3 is 14.8 Å². The van der Waals surface area contributed by atoms with Crippen LogP contribution in [-0.4, -0.2) is 41.9 Å². The van der Waals surface area contributed by atoms with Gasteiger partial charge in [-0.05, 0) is 39.3 Å². The zero-order valence-corrected chi connectivity index (χ0v) is 15.7. The Balaban J connectivity index is 2.02. The van der Waals surface area contributed by atoms with Gasteiger partial charge in [-0.25, -0.2) is 4.79 Å². The average molecular weight is 358 g/mol. The number of ether oxygens (including phenoxy) is 2. The molecule has 0 bridgehead atoms. The summed E-state index contributed by atoms with van der Waals surface area (Å²) in [5.41, 5.74) is 1.17. The maximum absolute atomic E-state index is 12.7. The molecule has 0 aliphatic carbocycles. The molecule has 0 unspecified atom stereocenters. The number of nitrogens with zero attached hydrogens (tertiary/aromatic N) is 1. The number of carbonyl (C=O) groups excluding carboxylic acids is 2. The second-order valence-corrected chi connectivity index (χ2v) is 7.58. The van der Waals surface area contributed by atoms with E-state index in [4.69, 9.17) is 9.47 Å². The summed E-state index contributed by atoms with van der Waals surface area (Å²) in [6.45, 7) is 8.95. The molecule has 1 fully saturated rings. The third-order valence-corrected chi connectivity index (χ3v) is 4.54. The van der Waals surface area contributed by atoms with Crippen molar-refractivity contribution >= 4 is 23.0 Å². The number of carbonyl (C=O) groups is 2. The van der Waals surface area contributed by atoms with Crippen LogP contribution in [-0.2, 0) is 14.3 Å². The van der Waals surface area contributed by atoms with Crippen molar-refractivity contribution in [1.82, 2.24) is 9.88 Å². The summed E-state index contributed by atoms with van der Waals surface area (Å²) in [4.78, 5) is 25.0. The Hall–Kier alpha value is -2.34. The lowest BCUT2D eigenvalue weighted by Gasteiger charge is -2.19. The van der Waals surface area contributed by atoms with Gasteiger partial charge in [0.25, 0.3) is 0 Å². The van der Waals surface area contributed by atoms with Gasteiger partial charge in [0.15, 0.2) is 0 Å². The second kappa shape index (κ2) is 7.11. The highest BCUT2D eigenvalue weighted by molar-refractivity contribution is 5.93. The molecule has 1 saturated heterocycles. The Morgan fingerprint density at radius 1 is 1.23 bits per heavy atom. The van der Waals surface area contributed by atoms with Gasteiger partial charge in [-0.1, -0.05) is 18.2 Å². The molecule has 2 atom stereocenters. The third-order valence-electron chi connectivity index (χ3n) is 4.54. The van der Waals surface area contributed by atoms with Crippen molar-refractivity contribution in [2.75, 3.05) is 19.7 Å². The molecule has 26 heavy (non-hydrogen) atoms. The number of rotatable bonds is 3. The highest BCUT2D eigenvalue weighted by Crippen LogP contribution is 2.35. The fourth-order valence-electron chi connectivity index (χ4n) is 3.47. The largest absolute Gasteiger partial charge is 0.466 e. The number of esters is 1. The first kappa shape index (κ1) is 18.5. The van der Waals surface area contributed by atoms with Crippen molar-refractivity contribution in [1.29, 1.82) is 0 Å². The molecule has 6 nitrogen and oxygen atoms in total. The summed E-state index contributed by atoms with van der Waals surface area (Å²) in [5, 5.41) is 4.23. The van der Waals surface area contributed by atoms with E-state index < -0.39 is 11.7 Å². The van der Waals surface area contributed by atoms with Crippen LogP contribution in [0.2, 0.25) is 0 Å². The molecule has 2 heterocycles. The van der Waals surface area contributed by atoms with Crippen LogP contribution in [0.3, 0.4) is 0 Å². The van der Waals surface area contributed by atoms with Gasteiger partial charge in [-0.2, -0.15) is 0 Å². The monoisotopic (exact) mass is 358 g/mol. The number of aromatic nitrogens is 1. The van der Waals surface area contributed by atoms with E-state index in [2.05, 4.69) is 5.32 Å². The number of para-hydroxylation sites is 1. The van der Waals surface area contributed by atoms with Crippen LogP contribution in [0.5, 0.6) is 0 Å². The van der Waals surface area contributed by atoms with E-state index in [-0.39, 0.29) is 17.8 Å². The van der Waals surface area contributed by atoms with Crippen LogP contribution in [0.4, 0.5) is 4.79 Å². The molecular formula is C20H26N2O4. The van der Waals surface area contributed by atoms with E-state index in [1.54, 1.807) is 0 Å². The number of hydrogen-bond donors (Lipinski definition) is 1. The van der Waals surface area contributed by atoms with Gasteiger partial charge in [0.05, 0.1) is 18.0 Å². The van der Waals surface area contributed by atoms with Gasteiger partial charge in [0.2, 0.25) is 0 Å². The van der Waals surface area contributed by atoms with Crippen LogP contribution < -0.4 is 5.32 Å². The smallest absolute Gasteiger partial charge is 0.419 e. The van der Waals surface area contributed by atoms with Gasteiger partial charge in [0, 0.05) is 30.6 Å². The first-order chi connectivity index (χ1) is 12.3. The molecule has 1 aliphatic heterocycles. The quantitative estimate of drug-likeness (QED) is 0.853. The van der Waals surface area contributed by atoms with Gasteiger partial charge in [0.1, 0.15) is 5.60 Å². The van der Waals surface area contributed by atoms with E-state index in [9.17, 15) is 9.59 Å². The van der Waals surface area contributed by atoms with E-state index in [1.165, 1.54) is 4.57 Å². The number of benzene rings is 1. The minimum Gasteiger partial charge on any atom is -0.466 e. The molecule has 1 N–H and O–H groups in total. The number of nitrogens with one attached hydrogen (secondary N) is 1. The molecule has 6 heteroatoms. The van der Waals surface area contributed by atoms with Crippen molar-refractivity contribution in [3.05, 3.63) is 36.0 Å². The van der Waals surface area contributed by atoms with Crippen molar-refractivity contribution in [3.63, 3.8) is 0 Å². The molecule has 140 valence electrons. The molecule has 1 aliphatic rings. The zero-order chi connectivity index (χ0) is 18.9. The summed E-state index contributed by atoms with van der Waals surface area (Å²) < 4.78 is 12.3. The van der Waals surface area contributed by atoms with Crippen LogP contribution >= 0.6 is 0 Å². The fourth-order valence-corrected chi connectivity index (χ4v) is 3.47. The Kier molecular flexibility index (Phi) is 5.05. The summed E-state index contributed by atoms with van der Waals surface area (Å²) >= 11 is 0. The Morgan fingerprint density at radius 2 is 1.96 bits per heavy atom. The first-order valence-electron chi connectivity index (χ1n) is 9.02. The van der Waals surface area contributed by atoms with Crippen LogP contribution in [0.1, 0.15) is 39.2 Å². The van der Waals surface area contributed by atoms with Crippen LogP contribution in [0, 0.1) is 5.92 Å². The summed E-state index contributed by atoms with van der Waals surface area (Å²) in [6, 6.07) is 7.70. The SMILES string of the molecule is CCOC(=O)[C@H]1CNC[C@@H]1c1cn(C(=O)OC(C)(C)C)c2ccccc12. The fraction of sp³-hybridized carbons (Fsp3) is 0.500. The predicted octanol–water partition coefficient (Wildman–Crippen LogP) is 3.29. The highest BCUT2D eigenvalue weighted by atomic mass is 16.6. The molecule has 2 aromatic rings. The van der Waals surface area contributed by atoms with E-state index in [1.807, 2.05) is 58.2 Å². The van der Waals surface area contributed by atoms with Crippen LogP contribution in [0.15, 0.2) is 30.5 Å². The maximum Gasteiger partial charge on any atom is 0.419 e. The molecule has 0 radical (unpaired) electrons. The molecule has 1 aromatic heterocycles. The number of fused-ring (bicyclic) bond motifs is 1. The Bertz CT molecular complexity index is 819. The minimum atomic E-state index is -0.578. The van der Waals surface area contributed by atoms with Crippen molar-refractivity contribution in [2.24, 2.45) is 5.92 Å². The molecule has 0 amide bonds. The lowest BCUT2D eigenvalue weighted by atomic mass is 9.89. The van der Waals surface area contributed by atoms with E-state index in [0.29, 0.717) is 19.7 Å². The van der Waals surface area contributed by atoms with Gasteiger partial charge in [-0.3, -0.25) is 9.36 Å². The zero-order valence-electron chi connectivity index (χ0n) is 15.7. The van der Waals surface area contributed by atoms with Crippen molar-refractivity contribution < 1.29 is 19.1 Å². The topological polar surface area (TPSA) is 69.6 Å². The van der Waals surface area contributed by atoms with E-state index >= 15 is 0 Å². The summed E-state index contributed by atoms with van der Waals surface area (Å²) in [7, 11) is 0. The summed E-state index contributed by atoms with van der Waals surface area (Å²) in [5.74, 6) is -0.493. The molecule has 3 rings (SSSR count). The maximum atomic E-state index is 12.7. The lowest BCUT2D eigenvalue weighted by molar-refractivity contribution is -0.147. The predicted molar refractivity (Wildman–Crippen MR) is 99.3 cm³/mol. The minimum absolute atomic E-state index is 0.0392. The molecule has 1 aromatic carbocycles. The average Bonchev–Trinajstić information content (AvgIpc) is 3.18. The molecule has 0 spiro atoms. The van der Waals surface area contributed by atoms with Crippen LogP contribution in [0.25, 0.3) is 10.9 Å². The van der Waals surface area contributed by atoms with E-state index in [0.717, 1.165) is 16.5 Å². The standard InChI is InChI=1S/C20H26N2O4/c1-5-25-18(23)15-11-21-10-14(15)16-12-22(19(24)26-20(2,3)4)17-9-7-6-8-13(16)17/h6-9,12,14-15,21H,5,10-11H2,1-4H3/t14-,15-/m0/s1. The first-order valence-corrected chi connectivity index (χ1v) is 9.02.